The molecule has 0 aliphatic heterocycles. The Morgan fingerprint density at radius 1 is 0.633 bits per heavy atom. The Labute approximate surface area is 195 Å². The van der Waals surface area contributed by atoms with Gasteiger partial charge in [0.2, 0.25) is 5.44 Å². The summed E-state index contributed by atoms with van der Waals surface area (Å²) in [4.78, 5) is 5.09. The van der Waals surface area contributed by atoms with E-state index >= 15 is 0 Å². The molecule has 0 aliphatic rings. The number of rotatable bonds is 4. The Balaban J connectivity index is 0.00000218. The van der Waals surface area contributed by atoms with Gasteiger partial charge in [-0.25, -0.2) is 4.98 Å². The summed E-state index contributed by atoms with van der Waals surface area (Å²) in [6, 6.07) is 38.6. The van der Waals surface area contributed by atoms with Crippen molar-refractivity contribution in [2.24, 2.45) is 0 Å². The smallest absolute Gasteiger partial charge is 0.205 e. The molecular formula is C26H22IN2P. The number of nitrogens with zero attached hydrogens (tertiary/aromatic N) is 2. The molecule has 0 saturated carbocycles. The van der Waals surface area contributed by atoms with Crippen LogP contribution in [-0.2, 0) is 0 Å². The van der Waals surface area contributed by atoms with Crippen LogP contribution < -0.4 is 40.0 Å². The first-order valence-corrected chi connectivity index (χ1v) is 12.0. The number of hydrogen-bond acceptors (Lipinski definition) is 1. The summed E-state index contributed by atoms with van der Waals surface area (Å²) in [5.74, 6) is 0. The van der Waals surface area contributed by atoms with Crippen LogP contribution >= 0.6 is 7.26 Å². The van der Waals surface area contributed by atoms with Crippen LogP contribution in [0.2, 0.25) is 0 Å². The molecule has 0 aliphatic carbocycles. The van der Waals surface area contributed by atoms with Gasteiger partial charge in [0.1, 0.15) is 29.2 Å². The van der Waals surface area contributed by atoms with Gasteiger partial charge in [-0.2, -0.15) is 0 Å². The third-order valence-corrected chi connectivity index (χ3v) is 9.46. The normalized spacial score (nSPS) is 11.2. The van der Waals surface area contributed by atoms with Crippen molar-refractivity contribution in [1.29, 1.82) is 0 Å². The fourth-order valence-corrected chi connectivity index (χ4v) is 7.57. The van der Waals surface area contributed by atoms with Crippen LogP contribution in [-0.4, -0.2) is 16.0 Å². The van der Waals surface area contributed by atoms with Crippen molar-refractivity contribution in [1.82, 2.24) is 9.38 Å². The Hall–Kier alpha value is -2.49. The molecule has 2 aromatic heterocycles. The summed E-state index contributed by atoms with van der Waals surface area (Å²) >= 11 is 0. The van der Waals surface area contributed by atoms with E-state index in [1.807, 2.05) is 0 Å². The second kappa shape index (κ2) is 8.71. The minimum atomic E-state index is -1.93. The van der Waals surface area contributed by atoms with Crippen molar-refractivity contribution >= 4 is 29.0 Å². The van der Waals surface area contributed by atoms with E-state index in [-0.39, 0.29) is 24.0 Å². The van der Waals surface area contributed by atoms with Gasteiger partial charge < -0.3 is 24.0 Å². The van der Waals surface area contributed by atoms with Crippen LogP contribution in [0.5, 0.6) is 0 Å². The van der Waals surface area contributed by atoms with Crippen molar-refractivity contribution in [2.45, 2.75) is 0 Å². The predicted octanol–water partition coefficient (Wildman–Crippen LogP) is 1.93. The minimum Gasteiger partial charge on any atom is -1.00 e. The highest BCUT2D eigenvalue weighted by Gasteiger charge is 2.45. The molecule has 0 fully saturated rings. The van der Waals surface area contributed by atoms with Gasteiger partial charge in [-0.1, -0.05) is 72.8 Å². The molecular weight excluding hydrogens is 498 g/mol. The van der Waals surface area contributed by atoms with Crippen LogP contribution in [0.15, 0.2) is 115 Å². The SMILES string of the molecule is C[P+](c1ccccc1)(c1ccccc1)c1c(-c2ccccc2)nc2ccccn12.[I-]. The Morgan fingerprint density at radius 3 is 1.70 bits per heavy atom. The minimum absolute atomic E-state index is 0. The second-order valence-electron chi connectivity index (χ2n) is 7.26. The highest BCUT2D eigenvalue weighted by atomic mass is 127. The van der Waals surface area contributed by atoms with E-state index in [2.05, 4.69) is 126 Å². The average molecular weight is 520 g/mol. The molecule has 0 amide bonds. The van der Waals surface area contributed by atoms with Crippen molar-refractivity contribution in [3.8, 4) is 11.3 Å². The molecule has 2 heterocycles. The third kappa shape index (κ3) is 3.46. The summed E-state index contributed by atoms with van der Waals surface area (Å²) in [7, 11) is -1.93. The lowest BCUT2D eigenvalue weighted by molar-refractivity contribution is -0.00000571. The van der Waals surface area contributed by atoms with Crippen LogP contribution in [0.3, 0.4) is 0 Å². The number of halogens is 1. The second-order valence-corrected chi connectivity index (χ2v) is 10.7. The first kappa shape index (κ1) is 20.8. The molecule has 0 bridgehead atoms. The van der Waals surface area contributed by atoms with Crippen LogP contribution in [0.1, 0.15) is 0 Å². The molecule has 0 spiro atoms. The summed E-state index contributed by atoms with van der Waals surface area (Å²) in [6.07, 6.45) is 2.15. The number of fused-ring (bicyclic) bond motifs is 1. The highest BCUT2D eigenvalue weighted by molar-refractivity contribution is 7.95. The number of hydrogen-bond donors (Lipinski definition) is 0. The maximum absolute atomic E-state index is 5.09. The Bertz CT molecular complexity index is 1210. The van der Waals surface area contributed by atoms with Crippen molar-refractivity contribution < 1.29 is 24.0 Å². The lowest BCUT2D eigenvalue weighted by Crippen LogP contribution is -3.00. The zero-order valence-corrected chi connectivity index (χ0v) is 19.7. The highest BCUT2D eigenvalue weighted by Crippen LogP contribution is 2.53. The zero-order chi connectivity index (χ0) is 19.7. The zero-order valence-electron chi connectivity index (χ0n) is 16.7. The molecule has 0 N–H and O–H groups in total. The number of benzene rings is 3. The topological polar surface area (TPSA) is 17.3 Å². The fourth-order valence-electron chi connectivity index (χ4n) is 4.05. The van der Waals surface area contributed by atoms with Gasteiger partial charge >= 0.3 is 0 Å². The monoisotopic (exact) mass is 520 g/mol. The Kier molecular flexibility index (Phi) is 6.03. The fraction of sp³-hybridized carbons (Fsp3) is 0.0385. The number of pyridine rings is 1. The number of aromatic nitrogens is 2. The van der Waals surface area contributed by atoms with E-state index in [9.17, 15) is 0 Å². The molecule has 0 saturated heterocycles. The van der Waals surface area contributed by atoms with E-state index in [4.69, 9.17) is 4.98 Å². The van der Waals surface area contributed by atoms with E-state index in [0.717, 1.165) is 16.9 Å². The molecule has 30 heavy (non-hydrogen) atoms. The molecule has 3 aromatic carbocycles. The maximum Gasteiger partial charge on any atom is 0.205 e. The van der Waals surface area contributed by atoms with E-state index in [0.29, 0.717) is 0 Å². The predicted molar refractivity (Wildman–Crippen MR) is 125 cm³/mol. The van der Waals surface area contributed by atoms with Gasteiger partial charge in [0.15, 0.2) is 0 Å². The van der Waals surface area contributed by atoms with Crippen molar-refractivity contribution in [2.75, 3.05) is 6.66 Å². The molecule has 5 aromatic rings. The molecule has 5 rings (SSSR count). The van der Waals surface area contributed by atoms with E-state index < -0.39 is 7.26 Å². The van der Waals surface area contributed by atoms with Gasteiger partial charge in [-0.15, -0.1) is 0 Å². The average Bonchev–Trinajstić information content (AvgIpc) is 3.20. The van der Waals surface area contributed by atoms with Crippen LogP contribution in [0, 0.1) is 0 Å². The van der Waals surface area contributed by atoms with Crippen LogP contribution in [0.4, 0.5) is 0 Å². The summed E-state index contributed by atoms with van der Waals surface area (Å²) < 4.78 is 2.29. The van der Waals surface area contributed by atoms with E-state index in [1.54, 1.807) is 0 Å². The first-order valence-electron chi connectivity index (χ1n) is 9.79. The third-order valence-electron chi connectivity index (χ3n) is 5.52. The molecule has 4 heteroatoms. The first-order chi connectivity index (χ1) is 14.3. The molecule has 0 atom stereocenters. The van der Waals surface area contributed by atoms with Gasteiger partial charge in [-0.3, -0.25) is 4.40 Å². The van der Waals surface area contributed by atoms with Crippen molar-refractivity contribution in [3.63, 3.8) is 0 Å². The summed E-state index contributed by atoms with van der Waals surface area (Å²) in [5.41, 5.74) is 4.50. The lowest BCUT2D eigenvalue weighted by Gasteiger charge is -2.23. The Morgan fingerprint density at radius 2 is 1.13 bits per heavy atom. The standard InChI is InChI=1S/C26H22N2P.HI/c1-29(22-15-7-3-8-16-22,23-17-9-4-10-18-23)26-25(21-13-5-2-6-14-21)27-24-19-11-12-20-28(24)26;/h2-20H,1H3;1H/q+1;/p-1. The summed E-state index contributed by atoms with van der Waals surface area (Å²) in [6.45, 7) is 2.42. The molecule has 0 unspecified atom stereocenters. The molecule has 148 valence electrons. The van der Waals surface area contributed by atoms with Crippen LogP contribution in [0.25, 0.3) is 16.9 Å². The lowest BCUT2D eigenvalue weighted by atomic mass is 10.2. The van der Waals surface area contributed by atoms with Gasteiger partial charge in [-0.05, 0) is 36.4 Å². The van der Waals surface area contributed by atoms with Gasteiger partial charge in [0.05, 0.1) is 6.66 Å². The quantitative estimate of drug-likeness (QED) is 0.262. The van der Waals surface area contributed by atoms with Crippen molar-refractivity contribution in [3.05, 3.63) is 115 Å². The maximum atomic E-state index is 5.09. The largest absolute Gasteiger partial charge is 1.00 e. The summed E-state index contributed by atoms with van der Waals surface area (Å²) in [5, 5.41) is 2.71. The number of imidazole rings is 1. The van der Waals surface area contributed by atoms with E-state index in [1.165, 1.54) is 16.0 Å². The molecule has 0 radical (unpaired) electrons. The van der Waals surface area contributed by atoms with Gasteiger partial charge in [0.25, 0.3) is 0 Å². The molecule has 2 nitrogen and oxygen atoms in total. The van der Waals surface area contributed by atoms with Gasteiger partial charge in [0, 0.05) is 11.8 Å².